The maximum absolute atomic E-state index is 14.0. The summed E-state index contributed by atoms with van der Waals surface area (Å²) < 4.78 is 16.7. The number of nitrogens with two attached hydrogens (primary N) is 1. The molecule has 292 valence electrons. The van der Waals surface area contributed by atoms with E-state index >= 15 is 0 Å². The van der Waals surface area contributed by atoms with E-state index in [1.54, 1.807) is 38.1 Å². The summed E-state index contributed by atoms with van der Waals surface area (Å²) in [7, 11) is 2.89. The Morgan fingerprint density at radius 2 is 1.70 bits per heavy atom. The van der Waals surface area contributed by atoms with E-state index in [-0.39, 0.29) is 41.3 Å². The van der Waals surface area contributed by atoms with Gasteiger partial charge in [-0.2, -0.15) is 0 Å². The van der Waals surface area contributed by atoms with Crippen molar-refractivity contribution in [2.24, 2.45) is 17.6 Å². The van der Waals surface area contributed by atoms with Crippen molar-refractivity contribution in [2.45, 2.75) is 90.8 Å². The Kier molecular flexibility index (Phi) is 15.3. The molecule has 1 aliphatic carbocycles. The molecule has 13 nitrogen and oxygen atoms in total. The number of methoxy groups -OCH3 is 2. The molecule has 2 heterocycles. The van der Waals surface area contributed by atoms with Gasteiger partial charge >= 0.3 is 6.09 Å². The maximum Gasteiger partial charge on any atom is 0.405 e. The molecule has 13 heteroatoms. The third-order valence-electron chi connectivity index (χ3n) is 10.1. The van der Waals surface area contributed by atoms with Gasteiger partial charge in [0.05, 0.1) is 23.6 Å². The number of fused-ring (bicyclic) bond motifs is 2. The molecular formula is C41H54N4O9. The standard InChI is InChI=1S/C41H54N4O9/c1-24-19-30-35(44-40(50)29-15-13-28(14-16-29)23-45-17-8-7-9-18-45)32(46)22-31(37(30)48)43-39(49)25(2)11-10-12-33(52-5)38(54-41(42)51)27(4)21-26(3)36(47)34(20-24)53-6/h10-16,21-22,24,26,33-34,36,38,47H,7-9,17-20,23H2,1-6H3,(H2,42,51)(H,43,49)(H,44,50)/b12-10-,25-11+,27-21+/t24-,26+,33+,34+,36-,38+/m1/s1. The lowest BCUT2D eigenvalue weighted by atomic mass is 9.85. The van der Waals surface area contributed by atoms with E-state index < -0.39 is 59.8 Å². The predicted octanol–water partition coefficient (Wildman–Crippen LogP) is 4.18. The van der Waals surface area contributed by atoms with Crippen molar-refractivity contribution in [1.82, 2.24) is 15.5 Å². The van der Waals surface area contributed by atoms with Gasteiger partial charge in [-0.3, -0.25) is 24.1 Å². The van der Waals surface area contributed by atoms with E-state index in [2.05, 4.69) is 15.5 Å². The molecule has 3 aliphatic rings. The highest BCUT2D eigenvalue weighted by molar-refractivity contribution is 6.24. The number of Topliss-reactive ketones (excluding diaryl/α,β-unsaturated/α-hetero) is 1. The second-order valence-electron chi connectivity index (χ2n) is 14.4. The van der Waals surface area contributed by atoms with E-state index in [1.165, 1.54) is 52.6 Å². The number of aliphatic hydroxyl groups is 1. The molecule has 2 bridgehead atoms. The van der Waals surface area contributed by atoms with E-state index in [0.717, 1.165) is 31.3 Å². The Morgan fingerprint density at radius 1 is 1.02 bits per heavy atom. The SMILES string of the molecule is CO[C@H]1/C=C\C=C(/C)C(=O)NC2=CC(=O)C(NC(=O)c3ccc(CN4CCCCC4)cc3)=C(C[C@@H](C)C[C@H](OC)[C@H](O)[C@@H](C)/C=C(\C)[C@@H]1OC(N)=O)C2=O. The number of hydrogen-bond donors (Lipinski definition) is 4. The number of primary amides is 1. The molecule has 0 aromatic heterocycles. The number of carbonyl (C=O) groups is 5. The average molecular weight is 747 g/mol. The molecule has 0 spiro atoms. The van der Waals surface area contributed by atoms with Crippen molar-refractivity contribution in [2.75, 3.05) is 27.3 Å². The second kappa shape index (κ2) is 19.6. The van der Waals surface area contributed by atoms with Gasteiger partial charge in [-0.15, -0.1) is 0 Å². The first-order valence-corrected chi connectivity index (χ1v) is 18.4. The maximum atomic E-state index is 14.0. The van der Waals surface area contributed by atoms with Crippen LogP contribution in [0.4, 0.5) is 4.79 Å². The third-order valence-corrected chi connectivity index (χ3v) is 10.1. The largest absolute Gasteiger partial charge is 0.439 e. The van der Waals surface area contributed by atoms with Gasteiger partial charge in [0.15, 0.2) is 6.10 Å². The molecule has 3 amide bonds. The summed E-state index contributed by atoms with van der Waals surface area (Å²) in [5, 5.41) is 16.7. The van der Waals surface area contributed by atoms with Crippen LogP contribution in [0.2, 0.25) is 0 Å². The average Bonchev–Trinajstić information content (AvgIpc) is 3.14. The summed E-state index contributed by atoms with van der Waals surface area (Å²) in [5.74, 6) is -3.29. The Bertz CT molecular complexity index is 1720. The summed E-state index contributed by atoms with van der Waals surface area (Å²) in [5.41, 5.74) is 7.17. The molecule has 1 saturated heterocycles. The number of hydrogen-bond acceptors (Lipinski definition) is 10. The highest BCUT2D eigenvalue weighted by Gasteiger charge is 2.34. The van der Waals surface area contributed by atoms with E-state index in [1.807, 2.05) is 19.1 Å². The fourth-order valence-corrected chi connectivity index (χ4v) is 7.04. The highest BCUT2D eigenvalue weighted by Crippen LogP contribution is 2.29. The first-order chi connectivity index (χ1) is 25.7. The molecule has 6 atom stereocenters. The van der Waals surface area contributed by atoms with Crippen LogP contribution in [0.5, 0.6) is 0 Å². The molecule has 4 rings (SSSR count). The van der Waals surface area contributed by atoms with Crippen LogP contribution in [-0.2, 0) is 35.1 Å². The molecule has 0 saturated carbocycles. The molecule has 5 N–H and O–H groups in total. The number of rotatable bonds is 7. The number of nitrogens with zero attached hydrogens (tertiary/aromatic N) is 1. The lowest BCUT2D eigenvalue weighted by molar-refractivity contribution is -0.120. The number of ketones is 2. The topological polar surface area (TPSA) is 187 Å². The van der Waals surface area contributed by atoms with Gasteiger partial charge in [-0.05, 0) is 81.8 Å². The molecule has 1 aromatic carbocycles. The van der Waals surface area contributed by atoms with Crippen molar-refractivity contribution < 1.29 is 43.3 Å². The van der Waals surface area contributed by atoms with Crippen molar-refractivity contribution in [3.05, 3.63) is 93.9 Å². The number of piperidine rings is 1. The normalized spacial score (nSPS) is 29.2. The van der Waals surface area contributed by atoms with Crippen molar-refractivity contribution in [3.8, 4) is 0 Å². The zero-order chi connectivity index (χ0) is 39.5. The number of carbonyl (C=O) groups excluding carboxylic acids is 5. The van der Waals surface area contributed by atoms with Crippen LogP contribution in [0.25, 0.3) is 0 Å². The zero-order valence-electron chi connectivity index (χ0n) is 32.1. The fraction of sp³-hybridized carbons (Fsp3) is 0.488. The van der Waals surface area contributed by atoms with Crippen molar-refractivity contribution in [3.63, 3.8) is 0 Å². The highest BCUT2D eigenvalue weighted by atomic mass is 16.6. The number of amides is 3. The van der Waals surface area contributed by atoms with Crippen molar-refractivity contribution in [1.29, 1.82) is 0 Å². The Balaban J connectivity index is 1.67. The van der Waals surface area contributed by atoms with Crippen LogP contribution in [-0.4, -0.2) is 91.2 Å². The smallest absolute Gasteiger partial charge is 0.405 e. The third kappa shape index (κ3) is 11.2. The predicted molar refractivity (Wildman–Crippen MR) is 203 cm³/mol. The number of ether oxygens (including phenoxy) is 3. The second-order valence-corrected chi connectivity index (χ2v) is 14.4. The molecular weight excluding hydrogens is 692 g/mol. The van der Waals surface area contributed by atoms with Crippen LogP contribution in [0, 0.1) is 11.8 Å². The van der Waals surface area contributed by atoms with Gasteiger partial charge in [-0.1, -0.05) is 56.7 Å². The van der Waals surface area contributed by atoms with E-state index in [4.69, 9.17) is 19.9 Å². The van der Waals surface area contributed by atoms with Gasteiger partial charge in [0.25, 0.3) is 11.8 Å². The Labute approximate surface area is 317 Å². The van der Waals surface area contributed by atoms with E-state index in [0.29, 0.717) is 11.1 Å². The molecule has 0 radical (unpaired) electrons. The zero-order valence-corrected chi connectivity index (χ0v) is 32.1. The number of allylic oxidation sites excluding steroid dienone is 4. The lowest BCUT2D eigenvalue weighted by Gasteiger charge is -2.30. The molecule has 1 aromatic rings. The summed E-state index contributed by atoms with van der Waals surface area (Å²) in [4.78, 5) is 68.7. The molecule has 2 aliphatic heterocycles. The Morgan fingerprint density at radius 3 is 2.33 bits per heavy atom. The molecule has 1 fully saturated rings. The summed E-state index contributed by atoms with van der Waals surface area (Å²) >= 11 is 0. The molecule has 0 unspecified atom stereocenters. The first-order valence-electron chi connectivity index (χ1n) is 18.4. The minimum absolute atomic E-state index is 0.0274. The number of nitrogens with one attached hydrogen (secondary N) is 2. The van der Waals surface area contributed by atoms with Gasteiger partial charge in [0, 0.05) is 49.5 Å². The van der Waals surface area contributed by atoms with Gasteiger partial charge in [0.1, 0.15) is 6.10 Å². The lowest BCUT2D eigenvalue weighted by Crippen LogP contribution is -2.38. The minimum Gasteiger partial charge on any atom is -0.439 e. The number of benzene rings is 1. The molecule has 54 heavy (non-hydrogen) atoms. The Hall–Kier alpha value is -4.69. The number of likely N-dealkylation sites (tertiary alicyclic amines) is 1. The monoisotopic (exact) mass is 746 g/mol. The van der Waals surface area contributed by atoms with Crippen LogP contribution >= 0.6 is 0 Å². The fourth-order valence-electron chi connectivity index (χ4n) is 7.04. The van der Waals surface area contributed by atoms with Crippen LogP contribution in [0.3, 0.4) is 0 Å². The first kappa shape index (κ1) is 42.1. The van der Waals surface area contributed by atoms with Gasteiger partial charge in [0.2, 0.25) is 11.6 Å². The summed E-state index contributed by atoms with van der Waals surface area (Å²) in [6, 6.07) is 7.19. The summed E-state index contributed by atoms with van der Waals surface area (Å²) in [6.45, 7) is 9.74. The van der Waals surface area contributed by atoms with Crippen LogP contribution in [0.1, 0.15) is 75.7 Å². The van der Waals surface area contributed by atoms with Gasteiger partial charge < -0.3 is 35.7 Å². The van der Waals surface area contributed by atoms with Crippen molar-refractivity contribution >= 4 is 29.5 Å². The summed E-state index contributed by atoms with van der Waals surface area (Å²) in [6.07, 6.45) is 6.68. The quantitative estimate of drug-likeness (QED) is 0.233. The van der Waals surface area contributed by atoms with E-state index in [9.17, 15) is 29.1 Å². The van der Waals surface area contributed by atoms with Gasteiger partial charge in [-0.25, -0.2) is 4.79 Å². The minimum atomic E-state index is -1.03. The van der Waals surface area contributed by atoms with Crippen LogP contribution < -0.4 is 16.4 Å². The number of aliphatic hydroxyl groups excluding tert-OH is 1. The van der Waals surface area contributed by atoms with Crippen LogP contribution in [0.15, 0.2) is 82.8 Å².